The van der Waals surface area contributed by atoms with E-state index in [1.807, 2.05) is 109 Å². The normalized spacial score (nSPS) is 17.0. The van der Waals surface area contributed by atoms with E-state index in [1.54, 1.807) is 4.90 Å². The average Bonchev–Trinajstić information content (AvgIpc) is 3.09. The van der Waals surface area contributed by atoms with Crippen LogP contribution in [0, 0.1) is 0 Å². The van der Waals surface area contributed by atoms with Crippen LogP contribution in [-0.4, -0.2) is 11.1 Å². The van der Waals surface area contributed by atoms with Crippen molar-refractivity contribution in [2.24, 2.45) is 4.99 Å². The molecular formula is C25H20N2OS. The minimum Gasteiger partial charge on any atom is -0.268 e. The summed E-state index contributed by atoms with van der Waals surface area (Å²) in [6.07, 6.45) is 5.77. The highest BCUT2D eigenvalue weighted by molar-refractivity contribution is 8.19. The van der Waals surface area contributed by atoms with Gasteiger partial charge in [-0.2, -0.15) is 0 Å². The minimum absolute atomic E-state index is 0.0503. The van der Waals surface area contributed by atoms with Gasteiger partial charge < -0.3 is 0 Å². The van der Waals surface area contributed by atoms with Gasteiger partial charge in [-0.3, -0.25) is 14.7 Å². The van der Waals surface area contributed by atoms with Gasteiger partial charge in [0.15, 0.2) is 5.17 Å². The van der Waals surface area contributed by atoms with Crippen molar-refractivity contribution in [3.05, 3.63) is 119 Å². The first-order valence-electron chi connectivity index (χ1n) is 9.40. The molecule has 3 nitrogen and oxygen atoms in total. The van der Waals surface area contributed by atoms with Crippen molar-refractivity contribution in [3.63, 3.8) is 0 Å². The van der Waals surface area contributed by atoms with Crippen LogP contribution in [0.15, 0.2) is 113 Å². The molecule has 0 unspecified atom stereocenters. The van der Waals surface area contributed by atoms with Crippen LogP contribution < -0.4 is 4.90 Å². The molecule has 1 fully saturated rings. The quantitative estimate of drug-likeness (QED) is 0.502. The van der Waals surface area contributed by atoms with Gasteiger partial charge in [-0.15, -0.1) is 0 Å². The molecule has 29 heavy (non-hydrogen) atoms. The molecule has 0 bridgehead atoms. The van der Waals surface area contributed by atoms with Crippen LogP contribution in [0.5, 0.6) is 0 Å². The van der Waals surface area contributed by atoms with Gasteiger partial charge in [0.25, 0.3) is 5.91 Å². The number of rotatable bonds is 5. The molecular weight excluding hydrogens is 376 g/mol. The lowest BCUT2D eigenvalue weighted by Gasteiger charge is -2.15. The van der Waals surface area contributed by atoms with Gasteiger partial charge in [0, 0.05) is 0 Å². The van der Waals surface area contributed by atoms with Crippen molar-refractivity contribution in [2.45, 2.75) is 6.54 Å². The zero-order valence-corrected chi connectivity index (χ0v) is 16.6. The Morgan fingerprint density at radius 2 is 1.45 bits per heavy atom. The van der Waals surface area contributed by atoms with E-state index in [4.69, 9.17) is 4.99 Å². The van der Waals surface area contributed by atoms with E-state index in [2.05, 4.69) is 0 Å². The van der Waals surface area contributed by atoms with Crippen LogP contribution in [0.1, 0.15) is 11.1 Å². The van der Waals surface area contributed by atoms with Crippen molar-refractivity contribution < 1.29 is 4.79 Å². The monoisotopic (exact) mass is 396 g/mol. The molecule has 3 aromatic rings. The summed E-state index contributed by atoms with van der Waals surface area (Å²) in [7, 11) is 0. The predicted molar refractivity (Wildman–Crippen MR) is 123 cm³/mol. The number of hydrogen-bond acceptors (Lipinski definition) is 3. The summed E-state index contributed by atoms with van der Waals surface area (Å²) in [4.78, 5) is 20.2. The lowest BCUT2D eigenvalue weighted by molar-refractivity contribution is -0.113. The van der Waals surface area contributed by atoms with Crippen LogP contribution in [0.25, 0.3) is 6.08 Å². The number of amidine groups is 1. The molecule has 1 heterocycles. The first-order valence-corrected chi connectivity index (χ1v) is 10.2. The third kappa shape index (κ3) is 4.73. The van der Waals surface area contributed by atoms with Crippen molar-refractivity contribution >= 4 is 34.6 Å². The fourth-order valence-corrected chi connectivity index (χ4v) is 3.88. The van der Waals surface area contributed by atoms with Crippen molar-refractivity contribution in [2.75, 3.05) is 4.90 Å². The Bertz CT molecular complexity index is 1060. The van der Waals surface area contributed by atoms with Gasteiger partial charge >= 0.3 is 0 Å². The van der Waals surface area contributed by atoms with Gasteiger partial charge in [0.1, 0.15) is 0 Å². The van der Waals surface area contributed by atoms with E-state index >= 15 is 0 Å². The molecule has 1 amide bonds. The number of anilines is 1. The number of hydrogen-bond donors (Lipinski definition) is 0. The molecule has 0 aromatic heterocycles. The molecule has 4 rings (SSSR count). The highest BCUT2D eigenvalue weighted by atomic mass is 32.2. The van der Waals surface area contributed by atoms with E-state index in [0.717, 1.165) is 16.8 Å². The van der Waals surface area contributed by atoms with Crippen molar-refractivity contribution in [1.29, 1.82) is 0 Å². The van der Waals surface area contributed by atoms with Gasteiger partial charge in [0.2, 0.25) is 0 Å². The maximum absolute atomic E-state index is 13.1. The molecule has 0 saturated carbocycles. The summed E-state index contributed by atoms with van der Waals surface area (Å²) < 4.78 is 0. The van der Waals surface area contributed by atoms with E-state index in [-0.39, 0.29) is 5.91 Å². The van der Waals surface area contributed by atoms with E-state index in [0.29, 0.717) is 16.6 Å². The van der Waals surface area contributed by atoms with Gasteiger partial charge in [-0.05, 0) is 41.1 Å². The molecule has 142 valence electrons. The summed E-state index contributed by atoms with van der Waals surface area (Å²) in [5.41, 5.74) is 3.03. The zero-order valence-electron chi connectivity index (χ0n) is 15.8. The van der Waals surface area contributed by atoms with Crippen LogP contribution in [-0.2, 0) is 11.3 Å². The molecule has 0 spiro atoms. The largest absolute Gasteiger partial charge is 0.271 e. The van der Waals surface area contributed by atoms with E-state index in [1.165, 1.54) is 11.8 Å². The molecule has 0 aliphatic carbocycles. The van der Waals surface area contributed by atoms with E-state index < -0.39 is 0 Å². The number of aliphatic imine (C=N–C) groups is 1. The second-order valence-corrected chi connectivity index (χ2v) is 7.47. The van der Waals surface area contributed by atoms with Crippen molar-refractivity contribution in [1.82, 2.24) is 0 Å². The van der Waals surface area contributed by atoms with Gasteiger partial charge in [0.05, 0.1) is 17.1 Å². The number of nitrogens with zero attached hydrogens (tertiary/aromatic N) is 2. The smallest absolute Gasteiger partial charge is 0.268 e. The van der Waals surface area contributed by atoms with Crippen LogP contribution in [0.3, 0.4) is 0 Å². The highest BCUT2D eigenvalue weighted by Gasteiger charge is 2.34. The summed E-state index contributed by atoms with van der Waals surface area (Å²) in [6.45, 7) is 0.535. The average molecular weight is 397 g/mol. The molecule has 3 aromatic carbocycles. The fraction of sp³-hybridized carbons (Fsp3) is 0.0400. The Labute approximate surface area is 175 Å². The number of benzene rings is 3. The first-order chi connectivity index (χ1) is 14.3. The maximum atomic E-state index is 13.1. The Balaban J connectivity index is 1.61. The summed E-state index contributed by atoms with van der Waals surface area (Å²) in [5.74, 6) is -0.0503. The molecule has 0 atom stereocenters. The van der Waals surface area contributed by atoms with Gasteiger partial charge in [-0.25, -0.2) is 0 Å². The summed E-state index contributed by atoms with van der Waals surface area (Å²) in [6, 6.07) is 29.8. The standard InChI is InChI=1S/C25H20N2OS/c28-24-23(18-10-15-20-11-4-1-5-12-20)29-25(26-19-21-13-6-2-7-14-21)27(24)22-16-8-3-9-17-22/h1-18H,19H2/b15-10+,23-18-,26-25?. The van der Waals surface area contributed by atoms with E-state index in [9.17, 15) is 4.79 Å². The number of allylic oxidation sites excluding steroid dienone is 2. The Kier molecular flexibility index (Phi) is 6.03. The minimum atomic E-state index is -0.0503. The molecule has 1 saturated heterocycles. The Morgan fingerprint density at radius 1 is 0.828 bits per heavy atom. The number of thioether (sulfide) groups is 1. The highest BCUT2D eigenvalue weighted by Crippen LogP contribution is 2.35. The zero-order chi connectivity index (χ0) is 19.9. The van der Waals surface area contributed by atoms with Crippen LogP contribution in [0.2, 0.25) is 0 Å². The third-order valence-corrected chi connectivity index (χ3v) is 5.42. The predicted octanol–water partition coefficient (Wildman–Crippen LogP) is 5.92. The summed E-state index contributed by atoms with van der Waals surface area (Å²) >= 11 is 1.41. The summed E-state index contributed by atoms with van der Waals surface area (Å²) in [5, 5.41) is 0.699. The molecule has 4 heteroatoms. The number of carbonyl (C=O) groups excluding carboxylic acids is 1. The van der Waals surface area contributed by atoms with Crippen LogP contribution in [0.4, 0.5) is 5.69 Å². The lowest BCUT2D eigenvalue weighted by Crippen LogP contribution is -2.28. The lowest BCUT2D eigenvalue weighted by atomic mass is 10.2. The maximum Gasteiger partial charge on any atom is 0.271 e. The molecule has 0 radical (unpaired) electrons. The number of para-hydroxylation sites is 1. The number of carbonyl (C=O) groups is 1. The second kappa shape index (κ2) is 9.22. The second-order valence-electron chi connectivity index (χ2n) is 6.46. The third-order valence-electron chi connectivity index (χ3n) is 4.40. The van der Waals surface area contributed by atoms with Gasteiger partial charge in [-0.1, -0.05) is 91.0 Å². The Morgan fingerprint density at radius 3 is 2.14 bits per heavy atom. The molecule has 1 aliphatic rings. The number of amides is 1. The van der Waals surface area contributed by atoms with Crippen molar-refractivity contribution in [3.8, 4) is 0 Å². The topological polar surface area (TPSA) is 32.7 Å². The van der Waals surface area contributed by atoms with Crippen LogP contribution >= 0.6 is 11.8 Å². The first kappa shape index (κ1) is 19.0. The Hall–Kier alpha value is -3.37. The molecule has 0 N–H and O–H groups in total. The molecule has 1 aliphatic heterocycles. The SMILES string of the molecule is O=C1/C(=C/C=C/c2ccccc2)SC(=NCc2ccccc2)N1c1ccccc1. The fourth-order valence-electron chi connectivity index (χ4n) is 2.95.